The van der Waals surface area contributed by atoms with Gasteiger partial charge in [-0.2, -0.15) is 10.5 Å². The van der Waals surface area contributed by atoms with Crippen molar-refractivity contribution in [3.05, 3.63) is 107 Å². The van der Waals surface area contributed by atoms with Crippen molar-refractivity contribution in [1.82, 2.24) is 19.8 Å². The van der Waals surface area contributed by atoms with E-state index in [0.29, 0.717) is 52.2 Å². The Morgan fingerprint density at radius 3 is 1.52 bits per heavy atom. The van der Waals surface area contributed by atoms with Crippen LogP contribution in [0.3, 0.4) is 0 Å². The lowest BCUT2D eigenvalue weighted by Gasteiger charge is -2.19. The number of carboxylic acids is 1. The number of carboxylic acid groups (broad SMARTS) is 1. The fourth-order valence-electron chi connectivity index (χ4n) is 6.19. The zero-order valence-corrected chi connectivity index (χ0v) is 38.6. The van der Waals surface area contributed by atoms with Gasteiger partial charge in [-0.05, 0) is 113 Å². The molecule has 19 heteroatoms. The molecule has 6 rings (SSSR count). The molecule has 3 amide bonds. The quantitative estimate of drug-likeness (QED) is 0.0640. The van der Waals surface area contributed by atoms with Gasteiger partial charge in [0.25, 0.3) is 0 Å². The average molecular weight is 917 g/mol. The van der Waals surface area contributed by atoms with E-state index in [1.54, 1.807) is 74.9 Å². The number of aryl methyl sites for hydroxylation is 2. The number of aromatic nitrogens is 2. The predicted octanol–water partition coefficient (Wildman–Crippen LogP) is 7.06. The smallest absolute Gasteiger partial charge is 0.408 e. The highest BCUT2D eigenvalue weighted by Crippen LogP contribution is 2.31. The van der Waals surface area contributed by atoms with Gasteiger partial charge in [0.1, 0.15) is 83.9 Å². The van der Waals surface area contributed by atoms with Crippen LogP contribution < -0.4 is 42.6 Å². The van der Waals surface area contributed by atoms with Crippen LogP contribution in [0.1, 0.15) is 63.8 Å². The summed E-state index contributed by atoms with van der Waals surface area (Å²) in [5.41, 5.74) is 22.2. The number of hydrogen-bond donors (Lipinski definition) is 7. The van der Waals surface area contributed by atoms with E-state index >= 15 is 0 Å². The Labute approximate surface area is 387 Å². The summed E-state index contributed by atoms with van der Waals surface area (Å²) in [4.78, 5) is 44.6. The van der Waals surface area contributed by atoms with E-state index in [2.05, 4.69) is 28.1 Å². The molecule has 2 heterocycles. The number of nitrogens with zero attached hydrogens (tertiary/aromatic N) is 4. The highest BCUT2D eigenvalue weighted by Gasteiger charge is 2.18. The molecular weight excluding hydrogens is 861 g/mol. The Balaban J connectivity index is 0.000000247. The first-order chi connectivity index (χ1) is 31.5. The third kappa shape index (κ3) is 15.3. The van der Waals surface area contributed by atoms with E-state index in [-0.39, 0.29) is 19.1 Å². The van der Waals surface area contributed by atoms with Crippen LogP contribution in [-0.2, 0) is 46.4 Å². The SMILES string of the molecule is CC(C)(C)OC(=O)NCC(=O)O.Cn1c(N)c(C#N)c2cc(OCc3cccc(N)c3)ccc21.Cn1c(N)c(C#N)c2cc(OCc3cccc(NC(=O)CNC(=O)OC(C)(C)C)c3)ccc21. The molecule has 0 saturated carbocycles. The van der Waals surface area contributed by atoms with E-state index in [1.165, 1.54) is 0 Å². The molecule has 0 radical (unpaired) electrons. The molecule has 0 atom stereocenters. The van der Waals surface area contributed by atoms with Gasteiger partial charge in [-0.3, -0.25) is 9.59 Å². The number of nitriles is 2. The van der Waals surface area contributed by atoms with Gasteiger partial charge in [0.2, 0.25) is 5.91 Å². The number of alkyl carbamates (subject to hydrolysis) is 2. The Bertz CT molecular complexity index is 2840. The fourth-order valence-corrected chi connectivity index (χ4v) is 6.19. The Morgan fingerprint density at radius 1 is 0.642 bits per heavy atom. The molecule has 4 aromatic carbocycles. The van der Waals surface area contributed by atoms with Crippen LogP contribution in [0.4, 0.5) is 32.6 Å². The Morgan fingerprint density at radius 2 is 1.09 bits per heavy atom. The number of aliphatic carboxylic acids is 1. The number of ether oxygens (including phenoxy) is 4. The second-order valence-electron chi connectivity index (χ2n) is 16.9. The number of anilines is 4. The number of rotatable bonds is 11. The van der Waals surface area contributed by atoms with Crippen molar-refractivity contribution in [2.75, 3.05) is 35.6 Å². The van der Waals surface area contributed by atoms with E-state index in [9.17, 15) is 29.7 Å². The third-order valence-electron chi connectivity index (χ3n) is 9.20. The summed E-state index contributed by atoms with van der Waals surface area (Å²) >= 11 is 0. The summed E-state index contributed by atoms with van der Waals surface area (Å²) in [7, 11) is 3.65. The molecule has 2 aromatic heterocycles. The predicted molar refractivity (Wildman–Crippen MR) is 255 cm³/mol. The van der Waals surface area contributed by atoms with Crippen molar-refractivity contribution in [2.45, 2.75) is 66.0 Å². The lowest BCUT2D eigenvalue weighted by Crippen LogP contribution is -2.37. The number of fused-ring (bicyclic) bond motifs is 2. The van der Waals surface area contributed by atoms with E-state index < -0.39 is 35.9 Å². The number of nitrogens with one attached hydrogen (secondary N) is 3. The summed E-state index contributed by atoms with van der Waals surface area (Å²) in [5.74, 6) is 0.688. The minimum absolute atomic E-state index is 0.211. The number of benzene rings is 4. The zero-order chi connectivity index (χ0) is 49.6. The standard InChI is InChI=1S/C24H27N5O4.C17H16N4O.C7H13NO4/c1-24(2,3)33-23(31)27-13-21(30)28-16-7-5-6-15(10-16)14-32-17-8-9-20-18(11-17)19(12-25)22(26)29(20)4;1-21-16-6-5-13(8-14(16)15(9-18)17(21)20)22-10-11-3-2-4-12(19)7-11;1-7(2,3)12-6(11)8-4-5(9)10/h5-11H,13-14,26H2,1-4H3,(H,27,31)(H,28,30);2-8H,10,19-20H2,1H3;4H2,1-3H3,(H,8,11)(H,9,10). The monoisotopic (exact) mass is 916 g/mol. The second kappa shape index (κ2) is 22.4. The van der Waals surface area contributed by atoms with Crippen LogP contribution in [0.25, 0.3) is 21.8 Å². The van der Waals surface area contributed by atoms with E-state index in [0.717, 1.165) is 32.9 Å². The van der Waals surface area contributed by atoms with Crippen LogP contribution in [0, 0.1) is 22.7 Å². The number of amides is 3. The first kappa shape index (κ1) is 51.1. The molecule has 19 nitrogen and oxygen atoms in total. The summed E-state index contributed by atoms with van der Waals surface area (Å²) in [6.45, 7) is 10.4. The van der Waals surface area contributed by atoms with Gasteiger partial charge in [0, 0.05) is 36.2 Å². The summed E-state index contributed by atoms with van der Waals surface area (Å²) < 4.78 is 25.1. The maximum atomic E-state index is 12.1. The van der Waals surface area contributed by atoms with Crippen LogP contribution in [-0.4, -0.2) is 62.6 Å². The number of nitrogens with two attached hydrogens (primary N) is 3. The van der Waals surface area contributed by atoms with E-state index in [1.807, 2.05) is 74.8 Å². The second-order valence-corrected chi connectivity index (χ2v) is 16.9. The van der Waals surface area contributed by atoms with Gasteiger partial charge in [-0.15, -0.1) is 0 Å². The summed E-state index contributed by atoms with van der Waals surface area (Å²) in [5, 5.41) is 35.6. The molecule has 0 aliphatic heterocycles. The van der Waals surface area contributed by atoms with Crippen molar-refractivity contribution in [3.8, 4) is 23.6 Å². The molecule has 6 aromatic rings. The average Bonchev–Trinajstić information content (AvgIpc) is 3.64. The molecule has 352 valence electrons. The van der Waals surface area contributed by atoms with Gasteiger partial charge >= 0.3 is 18.2 Å². The van der Waals surface area contributed by atoms with Crippen molar-refractivity contribution in [1.29, 1.82) is 10.5 Å². The van der Waals surface area contributed by atoms with Gasteiger partial charge in [0.05, 0.1) is 11.0 Å². The third-order valence-corrected chi connectivity index (χ3v) is 9.20. The Kier molecular flexibility index (Phi) is 17.0. The van der Waals surface area contributed by atoms with Gasteiger partial charge < -0.3 is 66.3 Å². The number of nitrogen functional groups attached to an aromatic ring is 3. The molecule has 0 fully saturated rings. The first-order valence-electron chi connectivity index (χ1n) is 20.7. The molecule has 0 aliphatic carbocycles. The minimum atomic E-state index is -1.10. The molecule has 67 heavy (non-hydrogen) atoms. The lowest BCUT2D eigenvalue weighted by atomic mass is 10.1. The summed E-state index contributed by atoms with van der Waals surface area (Å²) in [6, 6.07) is 30.1. The maximum Gasteiger partial charge on any atom is 0.408 e. The number of carbonyl (C=O) groups excluding carboxylic acids is 3. The van der Waals surface area contributed by atoms with Gasteiger partial charge in [-0.1, -0.05) is 24.3 Å². The van der Waals surface area contributed by atoms with Crippen LogP contribution >= 0.6 is 0 Å². The van der Waals surface area contributed by atoms with Crippen LogP contribution in [0.2, 0.25) is 0 Å². The van der Waals surface area contributed by atoms with Crippen molar-refractivity contribution in [2.24, 2.45) is 14.1 Å². The topological polar surface area (TPSA) is 297 Å². The summed E-state index contributed by atoms with van der Waals surface area (Å²) in [6.07, 6.45) is -1.37. The maximum absolute atomic E-state index is 12.1. The molecule has 10 N–H and O–H groups in total. The Hall–Kier alpha value is -8.58. The van der Waals surface area contributed by atoms with Crippen molar-refractivity contribution >= 4 is 68.9 Å². The highest BCUT2D eigenvalue weighted by molar-refractivity contribution is 5.95. The molecule has 0 unspecified atom stereocenters. The molecule has 0 bridgehead atoms. The van der Waals surface area contributed by atoms with Gasteiger partial charge in [-0.25, -0.2) is 9.59 Å². The van der Waals surface area contributed by atoms with Crippen LogP contribution in [0.5, 0.6) is 11.5 Å². The van der Waals surface area contributed by atoms with Crippen LogP contribution in [0.15, 0.2) is 84.9 Å². The number of carbonyl (C=O) groups is 4. The normalized spacial score (nSPS) is 10.8. The highest BCUT2D eigenvalue weighted by atomic mass is 16.6. The van der Waals surface area contributed by atoms with Gasteiger partial charge in [0.15, 0.2) is 0 Å². The van der Waals surface area contributed by atoms with E-state index in [4.69, 9.17) is 41.3 Å². The molecule has 0 saturated heterocycles. The largest absolute Gasteiger partial charge is 0.489 e. The molecule has 0 spiro atoms. The molecule has 0 aliphatic rings. The first-order valence-corrected chi connectivity index (χ1v) is 20.7. The lowest BCUT2D eigenvalue weighted by molar-refractivity contribution is -0.136. The van der Waals surface area contributed by atoms with Crippen molar-refractivity contribution < 1.29 is 43.2 Å². The minimum Gasteiger partial charge on any atom is -0.489 e. The fraction of sp³-hybridized carbons (Fsp3) is 0.292. The van der Waals surface area contributed by atoms with Crippen molar-refractivity contribution in [3.63, 3.8) is 0 Å². The molecular formula is C48H56N10O9. The number of hydrogen-bond acceptors (Lipinski definition) is 13. The zero-order valence-electron chi connectivity index (χ0n) is 38.6.